The van der Waals surface area contributed by atoms with Gasteiger partial charge in [0.2, 0.25) is 0 Å². The van der Waals surface area contributed by atoms with E-state index < -0.39 is 5.97 Å². The van der Waals surface area contributed by atoms with Crippen molar-refractivity contribution in [3.8, 4) is 0 Å². The van der Waals surface area contributed by atoms with E-state index in [0.29, 0.717) is 6.04 Å². The zero-order valence-corrected chi connectivity index (χ0v) is 9.67. The molecule has 0 aliphatic heterocycles. The number of nitrogens with one attached hydrogen (secondary N) is 1. The smallest absolute Gasteiger partial charge is 0.306 e. The van der Waals surface area contributed by atoms with Gasteiger partial charge in [-0.2, -0.15) is 0 Å². The summed E-state index contributed by atoms with van der Waals surface area (Å²) in [5, 5.41) is 12.2. The molecule has 0 aromatic carbocycles. The van der Waals surface area contributed by atoms with Crippen LogP contribution in [-0.2, 0) is 4.79 Å². The fourth-order valence-corrected chi connectivity index (χ4v) is 2.11. The Kier molecular flexibility index (Phi) is 5.69. The van der Waals surface area contributed by atoms with Crippen LogP contribution in [0.25, 0.3) is 0 Å². The van der Waals surface area contributed by atoms with Gasteiger partial charge in [0.15, 0.2) is 0 Å². The highest BCUT2D eigenvalue weighted by Gasteiger charge is 2.13. The lowest BCUT2D eigenvalue weighted by Crippen LogP contribution is -2.31. The molecule has 0 bridgehead atoms. The van der Waals surface area contributed by atoms with Crippen LogP contribution >= 0.6 is 0 Å². The number of carbonyl (C=O) groups is 1. The van der Waals surface area contributed by atoms with Crippen molar-refractivity contribution in [2.45, 2.75) is 57.9 Å². The predicted molar refractivity (Wildman–Crippen MR) is 60.9 cm³/mol. The zero-order chi connectivity index (χ0) is 11.1. The van der Waals surface area contributed by atoms with Crippen LogP contribution in [0.2, 0.25) is 0 Å². The maximum absolute atomic E-state index is 10.6. The van der Waals surface area contributed by atoms with Gasteiger partial charge in [-0.05, 0) is 25.8 Å². The molecule has 0 aromatic heterocycles. The number of carboxylic acids is 1. The maximum atomic E-state index is 10.6. The van der Waals surface area contributed by atoms with Crippen LogP contribution in [0.15, 0.2) is 0 Å². The van der Waals surface area contributed by atoms with Gasteiger partial charge in [0, 0.05) is 6.04 Å². The third kappa shape index (κ3) is 5.17. The molecule has 1 rings (SSSR count). The Morgan fingerprint density at radius 3 is 2.47 bits per heavy atom. The molecule has 3 heteroatoms. The summed E-state index contributed by atoms with van der Waals surface area (Å²) < 4.78 is 0. The number of hydrogen-bond donors (Lipinski definition) is 2. The molecule has 1 atom stereocenters. The first-order valence-electron chi connectivity index (χ1n) is 6.16. The summed E-state index contributed by atoms with van der Waals surface area (Å²) in [7, 11) is 0. The van der Waals surface area contributed by atoms with E-state index >= 15 is 0 Å². The van der Waals surface area contributed by atoms with Gasteiger partial charge in [-0.3, -0.25) is 4.79 Å². The molecule has 0 heterocycles. The molecule has 0 spiro atoms. The van der Waals surface area contributed by atoms with E-state index in [4.69, 9.17) is 5.11 Å². The lowest BCUT2D eigenvalue weighted by atomic mass is 10.1. The molecule has 1 saturated carbocycles. The zero-order valence-electron chi connectivity index (χ0n) is 9.67. The molecular formula is C12H23NO2. The highest BCUT2D eigenvalue weighted by Crippen LogP contribution is 2.17. The average Bonchev–Trinajstić information content (AvgIpc) is 2.46. The number of carboxylic acid groups (broad SMARTS) is 1. The topological polar surface area (TPSA) is 49.3 Å². The van der Waals surface area contributed by atoms with Crippen molar-refractivity contribution in [1.29, 1.82) is 0 Å². The molecule has 1 aliphatic carbocycles. The largest absolute Gasteiger partial charge is 0.481 e. The third-order valence-corrected chi connectivity index (χ3v) is 3.29. The van der Waals surface area contributed by atoms with Crippen molar-refractivity contribution in [1.82, 2.24) is 5.32 Å². The van der Waals surface area contributed by atoms with Crippen LogP contribution in [0.4, 0.5) is 0 Å². The molecule has 1 aliphatic rings. The quantitative estimate of drug-likeness (QED) is 0.689. The van der Waals surface area contributed by atoms with E-state index in [2.05, 4.69) is 5.32 Å². The second kappa shape index (κ2) is 6.83. The molecule has 15 heavy (non-hydrogen) atoms. The second-order valence-corrected chi connectivity index (χ2v) is 4.67. The highest BCUT2D eigenvalue weighted by atomic mass is 16.4. The van der Waals surface area contributed by atoms with Gasteiger partial charge in [-0.25, -0.2) is 0 Å². The number of rotatable bonds is 5. The van der Waals surface area contributed by atoms with Gasteiger partial charge in [0.05, 0.1) is 5.92 Å². The molecular weight excluding hydrogens is 190 g/mol. The minimum Gasteiger partial charge on any atom is -0.481 e. The Bertz CT molecular complexity index is 186. The monoisotopic (exact) mass is 213 g/mol. The van der Waals surface area contributed by atoms with Crippen LogP contribution in [0, 0.1) is 5.92 Å². The van der Waals surface area contributed by atoms with E-state index in [1.807, 2.05) is 0 Å². The molecule has 0 amide bonds. The normalized spacial score (nSPS) is 20.9. The van der Waals surface area contributed by atoms with Crippen molar-refractivity contribution in [3.63, 3.8) is 0 Å². The predicted octanol–water partition coefficient (Wildman–Crippen LogP) is 2.41. The summed E-state index contributed by atoms with van der Waals surface area (Å²) in [5.41, 5.74) is 0. The van der Waals surface area contributed by atoms with Crippen molar-refractivity contribution >= 4 is 5.97 Å². The van der Waals surface area contributed by atoms with E-state index in [-0.39, 0.29) is 5.92 Å². The summed E-state index contributed by atoms with van der Waals surface area (Å²) in [5.74, 6) is -0.902. The van der Waals surface area contributed by atoms with Crippen LogP contribution < -0.4 is 5.32 Å². The Morgan fingerprint density at radius 2 is 1.93 bits per heavy atom. The van der Waals surface area contributed by atoms with E-state index in [1.165, 1.54) is 38.5 Å². The van der Waals surface area contributed by atoms with Crippen molar-refractivity contribution in [2.75, 3.05) is 6.54 Å². The highest BCUT2D eigenvalue weighted by molar-refractivity contribution is 5.69. The molecule has 1 unspecified atom stereocenters. The lowest BCUT2D eigenvalue weighted by molar-refractivity contribution is -0.141. The minimum atomic E-state index is -0.683. The van der Waals surface area contributed by atoms with Gasteiger partial charge >= 0.3 is 5.97 Å². The van der Waals surface area contributed by atoms with E-state index in [1.54, 1.807) is 6.92 Å². The lowest BCUT2D eigenvalue weighted by Gasteiger charge is -2.16. The number of hydrogen-bond acceptors (Lipinski definition) is 2. The van der Waals surface area contributed by atoms with Crippen LogP contribution in [0.3, 0.4) is 0 Å². The molecule has 0 aromatic rings. The fraction of sp³-hybridized carbons (Fsp3) is 0.917. The molecule has 88 valence electrons. The Balaban J connectivity index is 2.10. The van der Waals surface area contributed by atoms with Crippen molar-refractivity contribution < 1.29 is 9.90 Å². The standard InChI is InChI=1S/C12H23NO2/c1-10(12(14)15)8-9-13-11-6-4-2-3-5-7-11/h10-11,13H,2-9H2,1H3,(H,14,15). The van der Waals surface area contributed by atoms with Gasteiger partial charge in [0.25, 0.3) is 0 Å². The van der Waals surface area contributed by atoms with Crippen molar-refractivity contribution in [3.05, 3.63) is 0 Å². The Hall–Kier alpha value is -0.570. The first-order chi connectivity index (χ1) is 7.20. The first-order valence-corrected chi connectivity index (χ1v) is 6.16. The molecule has 1 fully saturated rings. The third-order valence-electron chi connectivity index (χ3n) is 3.29. The summed E-state index contributed by atoms with van der Waals surface area (Å²) >= 11 is 0. The van der Waals surface area contributed by atoms with Crippen LogP contribution in [-0.4, -0.2) is 23.7 Å². The Morgan fingerprint density at radius 1 is 1.33 bits per heavy atom. The SMILES string of the molecule is CC(CCNC1CCCCCC1)C(=O)O. The molecule has 0 saturated heterocycles. The Labute approximate surface area is 92.3 Å². The molecule has 0 radical (unpaired) electrons. The average molecular weight is 213 g/mol. The summed E-state index contributed by atoms with van der Waals surface area (Å²) in [6.07, 6.45) is 8.65. The van der Waals surface area contributed by atoms with Crippen LogP contribution in [0.5, 0.6) is 0 Å². The van der Waals surface area contributed by atoms with Gasteiger partial charge in [-0.1, -0.05) is 32.6 Å². The molecule has 3 nitrogen and oxygen atoms in total. The minimum absolute atomic E-state index is 0.219. The van der Waals surface area contributed by atoms with Gasteiger partial charge < -0.3 is 10.4 Å². The summed E-state index contributed by atoms with van der Waals surface area (Å²) in [4.78, 5) is 10.6. The van der Waals surface area contributed by atoms with Crippen molar-refractivity contribution in [2.24, 2.45) is 5.92 Å². The van der Waals surface area contributed by atoms with Gasteiger partial charge in [-0.15, -0.1) is 0 Å². The van der Waals surface area contributed by atoms with E-state index in [0.717, 1.165) is 13.0 Å². The van der Waals surface area contributed by atoms with Crippen LogP contribution in [0.1, 0.15) is 51.9 Å². The van der Waals surface area contributed by atoms with Gasteiger partial charge in [0.1, 0.15) is 0 Å². The fourth-order valence-electron chi connectivity index (χ4n) is 2.11. The molecule has 2 N–H and O–H groups in total. The summed E-state index contributed by atoms with van der Waals surface area (Å²) in [6.45, 7) is 2.62. The van der Waals surface area contributed by atoms with E-state index in [9.17, 15) is 4.79 Å². The second-order valence-electron chi connectivity index (χ2n) is 4.67. The number of aliphatic carboxylic acids is 1. The maximum Gasteiger partial charge on any atom is 0.306 e. The summed E-state index contributed by atoms with van der Waals surface area (Å²) in [6, 6.07) is 0.633. The first kappa shape index (κ1) is 12.5.